The van der Waals surface area contributed by atoms with Gasteiger partial charge in [0.15, 0.2) is 0 Å². The Bertz CT molecular complexity index is 1810. The lowest BCUT2D eigenvalue weighted by molar-refractivity contribution is -0.0185. The molecule has 1 aromatic carbocycles. The zero-order valence-corrected chi connectivity index (χ0v) is 27.5. The van der Waals surface area contributed by atoms with Crippen LogP contribution in [0.1, 0.15) is 28.4 Å². The van der Waals surface area contributed by atoms with Crippen LogP contribution in [0, 0.1) is 28.5 Å². The molecule has 1 aliphatic heterocycles. The lowest BCUT2D eigenvalue weighted by atomic mass is 10.1. The summed E-state index contributed by atoms with van der Waals surface area (Å²) in [4.78, 5) is 24.8. The van der Waals surface area contributed by atoms with Gasteiger partial charge in [-0.15, -0.1) is 0 Å². The van der Waals surface area contributed by atoms with Crippen LogP contribution in [0.15, 0.2) is 49.2 Å². The number of fused-ring (bicyclic) bond motifs is 1. The molecule has 5 rings (SSSR count). The van der Waals surface area contributed by atoms with Crippen LogP contribution in [-0.2, 0) is 11.5 Å². The maximum Gasteiger partial charge on any atom is 0.259 e. The van der Waals surface area contributed by atoms with E-state index in [4.69, 9.17) is 10.00 Å². The molecular weight excluding hydrogens is 627 g/mol. The molecule has 1 aliphatic rings. The summed E-state index contributed by atoms with van der Waals surface area (Å²) in [5.74, 6) is -1.79. The molecule has 0 spiro atoms. The summed E-state index contributed by atoms with van der Waals surface area (Å²) in [6.07, 6.45) is 4.00. The molecule has 1 amide bonds. The largest absolute Gasteiger partial charge is 0.361 e. The molecule has 15 heteroatoms. The highest BCUT2D eigenvalue weighted by Crippen LogP contribution is 2.28. The van der Waals surface area contributed by atoms with Crippen molar-refractivity contribution in [2.45, 2.75) is 57.3 Å². The lowest BCUT2D eigenvalue weighted by Gasteiger charge is -2.42. The minimum absolute atomic E-state index is 0.0277. The summed E-state index contributed by atoms with van der Waals surface area (Å²) in [7, 11) is -1.21. The second kappa shape index (κ2) is 14.5. The fraction of sp³-hybridized carbons (Fsp3) is 0.438. The number of ether oxygens (including phenoxy) is 1. The van der Waals surface area contributed by atoms with Crippen LogP contribution in [0.4, 0.5) is 13.2 Å². The maximum absolute atomic E-state index is 14.6. The van der Waals surface area contributed by atoms with Crippen molar-refractivity contribution in [2.75, 3.05) is 32.8 Å². The Hall–Kier alpha value is -4.57. The van der Waals surface area contributed by atoms with E-state index in [0.717, 1.165) is 34.1 Å². The van der Waals surface area contributed by atoms with Gasteiger partial charge < -0.3 is 14.2 Å². The van der Waals surface area contributed by atoms with Crippen LogP contribution < -0.4 is 0 Å². The minimum Gasteiger partial charge on any atom is -0.361 e. The number of hydrogen-bond acceptors (Lipinski definition) is 8. The predicted molar refractivity (Wildman–Crippen MR) is 171 cm³/mol. The van der Waals surface area contributed by atoms with E-state index in [1.165, 1.54) is 12.4 Å². The number of benzene rings is 1. The molecule has 2 unspecified atom stereocenters. The quantitative estimate of drug-likeness (QED) is 0.150. The Balaban J connectivity index is 1.29. The fourth-order valence-electron chi connectivity index (χ4n) is 5.60. The Labute approximate surface area is 271 Å². The highest BCUT2D eigenvalue weighted by atomic mass is 28.3. The average molecular weight is 664 g/mol. The number of halogens is 3. The van der Waals surface area contributed by atoms with Crippen LogP contribution >= 0.6 is 0 Å². The number of nitriles is 2. The minimum atomic E-state index is -2.88. The van der Waals surface area contributed by atoms with Crippen molar-refractivity contribution in [1.82, 2.24) is 34.1 Å². The summed E-state index contributed by atoms with van der Waals surface area (Å²) in [5.41, 5.74) is 1.76. The molecular formula is C32H36F3N9O2Si. The number of alkyl halides is 2. The normalized spacial score (nSPS) is 16.4. The number of hydrogen-bond donors (Lipinski definition) is 0. The van der Waals surface area contributed by atoms with Crippen molar-refractivity contribution in [3.05, 3.63) is 66.1 Å². The van der Waals surface area contributed by atoms with E-state index in [1.54, 1.807) is 28.0 Å². The third kappa shape index (κ3) is 7.88. The van der Waals surface area contributed by atoms with Crippen molar-refractivity contribution in [3.63, 3.8) is 0 Å². The monoisotopic (exact) mass is 663 g/mol. The van der Waals surface area contributed by atoms with E-state index in [1.807, 2.05) is 16.8 Å². The summed E-state index contributed by atoms with van der Waals surface area (Å²) >= 11 is 0. The number of nitrogens with zero attached hydrogens (tertiary/aromatic N) is 9. The van der Waals surface area contributed by atoms with Crippen molar-refractivity contribution >= 4 is 25.0 Å². The van der Waals surface area contributed by atoms with Gasteiger partial charge in [-0.05, 0) is 30.3 Å². The first-order valence-corrected chi connectivity index (χ1v) is 19.0. The van der Waals surface area contributed by atoms with Crippen LogP contribution in [-0.4, -0.2) is 93.3 Å². The van der Waals surface area contributed by atoms with Crippen molar-refractivity contribution < 1.29 is 22.7 Å². The van der Waals surface area contributed by atoms with Gasteiger partial charge in [-0.25, -0.2) is 23.1 Å². The van der Waals surface area contributed by atoms with Gasteiger partial charge in [-0.2, -0.15) is 15.6 Å². The molecule has 4 aromatic rings. The van der Waals surface area contributed by atoms with Gasteiger partial charge in [0.2, 0.25) is 0 Å². The van der Waals surface area contributed by atoms with Gasteiger partial charge >= 0.3 is 0 Å². The Morgan fingerprint density at radius 3 is 2.68 bits per heavy atom. The summed E-state index contributed by atoms with van der Waals surface area (Å²) < 4.78 is 52.5. The Kier molecular flexibility index (Phi) is 10.4. The molecule has 246 valence electrons. The topological polar surface area (TPSA) is 129 Å². The van der Waals surface area contributed by atoms with Crippen molar-refractivity contribution in [1.29, 1.82) is 10.5 Å². The molecule has 1 saturated heterocycles. The zero-order valence-electron chi connectivity index (χ0n) is 26.5. The van der Waals surface area contributed by atoms with Crippen molar-refractivity contribution in [3.8, 4) is 23.4 Å². The van der Waals surface area contributed by atoms with Gasteiger partial charge in [-0.3, -0.25) is 14.4 Å². The molecule has 0 N–H and O–H groups in total. The molecule has 0 saturated carbocycles. The molecule has 11 nitrogen and oxygen atoms in total. The smallest absolute Gasteiger partial charge is 0.259 e. The zero-order chi connectivity index (χ0) is 33.7. The molecule has 2 atom stereocenters. The molecule has 0 bridgehead atoms. The van der Waals surface area contributed by atoms with Crippen LogP contribution in [0.2, 0.25) is 25.7 Å². The second-order valence-corrected chi connectivity index (χ2v) is 18.4. The maximum atomic E-state index is 14.6. The van der Waals surface area contributed by atoms with E-state index in [9.17, 15) is 23.2 Å². The first-order chi connectivity index (χ1) is 22.5. The van der Waals surface area contributed by atoms with Gasteiger partial charge in [0.1, 0.15) is 30.6 Å². The average Bonchev–Trinajstić information content (AvgIpc) is 3.70. The van der Waals surface area contributed by atoms with Gasteiger partial charge in [0.25, 0.3) is 12.3 Å². The number of rotatable bonds is 12. The standard InChI is InChI=1S/C32H36F3N9O2Si/c1-47(2,3)13-12-46-21-42-9-7-26-29(38-20-39-31(26)42)23-16-40-44(17-23)24(6-8-36)18-41-10-11-43(28(19-41)30(34)35)32(45)25-5-4-22(15-37)14-27(25)33/h4-5,7,9,14,16-17,20,24,28,30H,6,10-13,18-19,21H2,1-3H3. The van der Waals surface area contributed by atoms with Crippen LogP contribution in [0.25, 0.3) is 22.3 Å². The third-order valence-corrected chi connectivity index (χ3v) is 9.91. The summed E-state index contributed by atoms with van der Waals surface area (Å²) in [5, 5.41) is 23.9. The lowest BCUT2D eigenvalue weighted by Crippen LogP contribution is -2.58. The number of carbonyl (C=O) groups is 1. The van der Waals surface area contributed by atoms with Crippen molar-refractivity contribution in [2.24, 2.45) is 0 Å². The van der Waals surface area contributed by atoms with Gasteiger partial charge in [-0.1, -0.05) is 19.6 Å². The molecule has 3 aromatic heterocycles. The van der Waals surface area contributed by atoms with E-state index >= 15 is 0 Å². The fourth-order valence-corrected chi connectivity index (χ4v) is 6.36. The summed E-state index contributed by atoms with van der Waals surface area (Å²) in [6, 6.07) is 8.32. The highest BCUT2D eigenvalue weighted by molar-refractivity contribution is 6.76. The number of aromatic nitrogens is 5. The molecule has 0 aliphatic carbocycles. The van der Waals surface area contributed by atoms with E-state index in [-0.39, 0.29) is 43.7 Å². The molecule has 47 heavy (non-hydrogen) atoms. The van der Waals surface area contributed by atoms with Gasteiger partial charge in [0, 0.05) is 64.2 Å². The molecule has 4 heterocycles. The van der Waals surface area contributed by atoms with Crippen LogP contribution in [0.5, 0.6) is 0 Å². The third-order valence-electron chi connectivity index (χ3n) is 8.21. The predicted octanol–water partition coefficient (Wildman–Crippen LogP) is 5.16. The molecule has 0 radical (unpaired) electrons. The Morgan fingerprint density at radius 1 is 1.17 bits per heavy atom. The summed E-state index contributed by atoms with van der Waals surface area (Å²) in [6.45, 7) is 8.19. The van der Waals surface area contributed by atoms with Gasteiger partial charge in [0.05, 0.1) is 47.6 Å². The van der Waals surface area contributed by atoms with Crippen LogP contribution in [0.3, 0.4) is 0 Å². The van der Waals surface area contributed by atoms with E-state index in [2.05, 4.69) is 40.8 Å². The van der Waals surface area contributed by atoms with E-state index in [0.29, 0.717) is 24.6 Å². The second-order valence-electron chi connectivity index (χ2n) is 12.8. The first kappa shape index (κ1) is 33.8. The highest BCUT2D eigenvalue weighted by Gasteiger charge is 2.38. The number of piperazine rings is 1. The van der Waals surface area contributed by atoms with E-state index < -0.39 is 38.3 Å². The number of carbonyl (C=O) groups excluding carboxylic acids is 1. The Morgan fingerprint density at radius 2 is 1.98 bits per heavy atom. The molecule has 1 fully saturated rings. The number of amides is 1. The first-order valence-electron chi connectivity index (χ1n) is 15.3. The SMILES string of the molecule is C[Si](C)(C)CCOCn1ccc2c(-c3cnn(C(CC#N)CN4CCN(C(=O)c5ccc(C#N)cc5F)C(C(F)F)C4)c3)ncnc21.